The summed E-state index contributed by atoms with van der Waals surface area (Å²) in [6, 6.07) is 1.74. The number of nitrogens with zero attached hydrogens (tertiary/aromatic N) is 1. The zero-order valence-electron chi connectivity index (χ0n) is 5.35. The highest BCUT2D eigenvalue weighted by molar-refractivity contribution is 5.78. The van der Waals surface area contributed by atoms with E-state index in [0.29, 0.717) is 0 Å². The van der Waals surface area contributed by atoms with Gasteiger partial charge in [-0.05, 0) is 6.42 Å². The summed E-state index contributed by atoms with van der Waals surface area (Å²) in [5.41, 5.74) is 0. The van der Waals surface area contributed by atoms with Gasteiger partial charge in [0.1, 0.15) is 6.42 Å². The smallest absolute Gasteiger partial charge is 0.234 e. The second-order valence-electron chi connectivity index (χ2n) is 1.51. The Balaban J connectivity index is 3.19. The maximum absolute atomic E-state index is 10.4. The van der Waals surface area contributed by atoms with E-state index < -0.39 is 0 Å². The van der Waals surface area contributed by atoms with Gasteiger partial charge in [0.25, 0.3) is 0 Å². The number of hydrogen-bond acceptors (Lipinski definition) is 2. The molecule has 0 aromatic rings. The third-order valence-corrected chi connectivity index (χ3v) is 0.707. The molecule has 0 aliphatic rings. The van der Waals surface area contributed by atoms with Crippen LogP contribution < -0.4 is 5.32 Å². The Labute approximate surface area is 54.7 Å². The van der Waals surface area contributed by atoms with Gasteiger partial charge in [-0.15, -0.1) is 0 Å². The average molecular weight is 125 g/mol. The molecule has 0 aromatic heterocycles. The second kappa shape index (κ2) is 5.10. The van der Waals surface area contributed by atoms with E-state index in [1.807, 2.05) is 6.92 Å². The summed E-state index contributed by atoms with van der Waals surface area (Å²) < 4.78 is 0. The Bertz CT molecular complexity index is 126. The topological polar surface area (TPSA) is 52.9 Å². The number of amides is 1. The van der Waals surface area contributed by atoms with Crippen molar-refractivity contribution in [2.45, 2.75) is 19.8 Å². The quantitative estimate of drug-likeness (QED) is 0.600. The van der Waals surface area contributed by atoms with Crippen LogP contribution in [0.5, 0.6) is 0 Å². The summed E-state index contributed by atoms with van der Waals surface area (Å²) in [5, 5.41) is 10.5. The van der Waals surface area contributed by atoms with Crippen LogP contribution in [0.25, 0.3) is 0 Å². The van der Waals surface area contributed by atoms with Gasteiger partial charge in [0.2, 0.25) is 5.91 Å². The molecule has 0 fully saturated rings. The maximum Gasteiger partial charge on any atom is 0.234 e. The minimum atomic E-state index is -0.237. The van der Waals surface area contributed by atoms with Gasteiger partial charge in [0.15, 0.2) is 0 Å². The molecule has 1 amide bonds. The lowest BCUT2D eigenvalue weighted by atomic mass is 10.4. The normalized spacial score (nSPS) is 8.00. The Hall–Kier alpha value is -1.04. The van der Waals surface area contributed by atoms with E-state index >= 15 is 0 Å². The first kappa shape index (κ1) is 7.96. The van der Waals surface area contributed by atoms with Gasteiger partial charge in [-0.2, -0.15) is 5.26 Å². The Morgan fingerprint density at radius 3 is 3.00 bits per heavy atom. The fourth-order valence-electron chi connectivity index (χ4n) is 0.339. The Morgan fingerprint density at radius 2 is 2.56 bits per heavy atom. The average Bonchev–Trinajstić information content (AvgIpc) is 1.85. The van der Waals surface area contributed by atoms with E-state index in [9.17, 15) is 4.79 Å². The van der Waals surface area contributed by atoms with Crippen LogP contribution in [-0.2, 0) is 4.79 Å². The van der Waals surface area contributed by atoms with Crippen molar-refractivity contribution in [2.24, 2.45) is 0 Å². The van der Waals surface area contributed by atoms with Crippen molar-refractivity contribution in [2.75, 3.05) is 0 Å². The Kier molecular flexibility index (Phi) is 4.51. The molecule has 0 unspecified atom stereocenters. The first-order valence-electron chi connectivity index (χ1n) is 2.79. The molecule has 3 nitrogen and oxygen atoms in total. The molecule has 0 aromatic carbocycles. The van der Waals surface area contributed by atoms with Crippen molar-refractivity contribution in [3.8, 4) is 6.07 Å². The maximum atomic E-state index is 10.4. The highest BCUT2D eigenvalue weighted by atomic mass is 16.1. The summed E-state index contributed by atoms with van der Waals surface area (Å²) in [6.07, 6.45) is 0.730. The molecule has 0 saturated heterocycles. The van der Waals surface area contributed by atoms with Gasteiger partial charge in [0, 0.05) is 6.54 Å². The summed E-state index contributed by atoms with van der Waals surface area (Å²) in [4.78, 5) is 10.4. The van der Waals surface area contributed by atoms with Gasteiger partial charge in [-0.3, -0.25) is 4.79 Å². The van der Waals surface area contributed by atoms with E-state index in [1.54, 1.807) is 12.6 Å². The predicted molar refractivity (Wildman–Crippen MR) is 33.0 cm³/mol. The second-order valence-corrected chi connectivity index (χ2v) is 1.51. The first-order valence-corrected chi connectivity index (χ1v) is 2.79. The molecule has 9 heavy (non-hydrogen) atoms. The predicted octanol–water partition coefficient (Wildman–Crippen LogP) is 0.588. The van der Waals surface area contributed by atoms with Gasteiger partial charge in [0.05, 0.1) is 6.07 Å². The van der Waals surface area contributed by atoms with Crippen LogP contribution in [-0.4, -0.2) is 5.91 Å². The molecule has 0 spiro atoms. The summed E-state index contributed by atoms with van der Waals surface area (Å²) in [6.45, 7) is 3.53. The molecule has 0 rings (SSSR count). The SMILES string of the molecule is CC[CH]NC(=O)CC#N. The molecule has 0 saturated carbocycles. The lowest BCUT2D eigenvalue weighted by molar-refractivity contribution is -0.119. The van der Waals surface area contributed by atoms with Crippen molar-refractivity contribution < 1.29 is 4.79 Å². The van der Waals surface area contributed by atoms with Gasteiger partial charge in [-0.25, -0.2) is 0 Å². The fourth-order valence-corrected chi connectivity index (χ4v) is 0.339. The molecule has 3 heteroatoms. The van der Waals surface area contributed by atoms with Crippen LogP contribution in [0.1, 0.15) is 19.8 Å². The molecule has 0 atom stereocenters. The van der Waals surface area contributed by atoms with E-state index in [-0.39, 0.29) is 12.3 Å². The molecular weight excluding hydrogens is 116 g/mol. The number of carbonyl (C=O) groups excluding carboxylic acids is 1. The van der Waals surface area contributed by atoms with Crippen molar-refractivity contribution in [1.82, 2.24) is 5.32 Å². The third kappa shape index (κ3) is 4.82. The number of nitriles is 1. The number of carbonyl (C=O) groups is 1. The zero-order chi connectivity index (χ0) is 7.11. The van der Waals surface area contributed by atoms with Crippen molar-refractivity contribution in [3.05, 3.63) is 6.54 Å². The van der Waals surface area contributed by atoms with Crippen LogP contribution in [0, 0.1) is 17.9 Å². The van der Waals surface area contributed by atoms with Crippen LogP contribution in [0.2, 0.25) is 0 Å². The number of nitrogens with one attached hydrogen (secondary N) is 1. The lowest BCUT2D eigenvalue weighted by Gasteiger charge is -1.95. The zero-order valence-corrected chi connectivity index (χ0v) is 5.35. The molecule has 1 N–H and O–H groups in total. The number of hydrogen-bond donors (Lipinski definition) is 1. The van der Waals surface area contributed by atoms with E-state index in [1.165, 1.54) is 0 Å². The third-order valence-electron chi connectivity index (χ3n) is 0.707. The van der Waals surface area contributed by atoms with Crippen LogP contribution in [0.4, 0.5) is 0 Å². The minimum absolute atomic E-state index is 0.0590. The summed E-state index contributed by atoms with van der Waals surface area (Å²) in [7, 11) is 0. The van der Waals surface area contributed by atoms with Crippen LogP contribution in [0.3, 0.4) is 0 Å². The van der Waals surface area contributed by atoms with Crippen molar-refractivity contribution >= 4 is 5.91 Å². The molecule has 0 heterocycles. The molecule has 49 valence electrons. The first-order chi connectivity index (χ1) is 4.31. The number of rotatable bonds is 3. The van der Waals surface area contributed by atoms with E-state index in [2.05, 4.69) is 5.32 Å². The van der Waals surface area contributed by atoms with Gasteiger partial charge in [-0.1, -0.05) is 6.92 Å². The highest BCUT2D eigenvalue weighted by Gasteiger charge is 1.95. The minimum Gasteiger partial charge on any atom is -0.350 e. The Morgan fingerprint density at radius 1 is 1.89 bits per heavy atom. The summed E-state index contributed by atoms with van der Waals surface area (Å²) in [5.74, 6) is -0.237. The van der Waals surface area contributed by atoms with Crippen molar-refractivity contribution in [3.63, 3.8) is 0 Å². The largest absolute Gasteiger partial charge is 0.350 e. The standard InChI is InChI=1S/C6H9N2O/c1-2-5-8-6(9)3-4-7/h5H,2-3H2,1H3,(H,8,9). The van der Waals surface area contributed by atoms with E-state index in [0.717, 1.165) is 6.42 Å². The summed E-state index contributed by atoms with van der Waals surface area (Å²) >= 11 is 0. The highest BCUT2D eigenvalue weighted by Crippen LogP contribution is 1.80. The van der Waals surface area contributed by atoms with Gasteiger partial charge >= 0.3 is 0 Å². The molecule has 1 radical (unpaired) electrons. The molecule has 0 bridgehead atoms. The van der Waals surface area contributed by atoms with Crippen LogP contribution in [0.15, 0.2) is 0 Å². The van der Waals surface area contributed by atoms with Gasteiger partial charge < -0.3 is 5.32 Å². The molecule has 0 aliphatic heterocycles. The monoisotopic (exact) mass is 125 g/mol. The molecular formula is C6H9N2O. The van der Waals surface area contributed by atoms with E-state index in [4.69, 9.17) is 5.26 Å². The lowest BCUT2D eigenvalue weighted by Crippen LogP contribution is -2.18. The fraction of sp³-hybridized carbons (Fsp3) is 0.500. The molecule has 0 aliphatic carbocycles. The van der Waals surface area contributed by atoms with Crippen molar-refractivity contribution in [1.29, 1.82) is 5.26 Å². The van der Waals surface area contributed by atoms with Crippen LogP contribution >= 0.6 is 0 Å².